The molecule has 2 aliphatic rings. The molecule has 13 aromatic carbocycles. The second-order valence-corrected chi connectivity index (χ2v) is 23.6. The van der Waals surface area contributed by atoms with Gasteiger partial charge >= 0.3 is 0 Å². The Balaban J connectivity index is 0.922. The van der Waals surface area contributed by atoms with Gasteiger partial charge in [-0.05, 0) is 193 Å². The number of hydrogen-bond acceptors (Lipinski definition) is 4. The summed E-state index contributed by atoms with van der Waals surface area (Å²) < 4.78 is 0. The van der Waals surface area contributed by atoms with Crippen LogP contribution in [0.1, 0.15) is 116 Å². The van der Waals surface area contributed by atoms with Gasteiger partial charge in [0.2, 0.25) is 0 Å². The monoisotopic (exact) mass is 958 g/mol. The van der Waals surface area contributed by atoms with Gasteiger partial charge in [0.1, 0.15) is 0 Å². The molecule has 13 aromatic rings. The smallest absolute Gasteiger partial charge is 0.266 e. The molecule has 0 aliphatic carbocycles. The molecule has 0 aromatic heterocycles. The second kappa shape index (κ2) is 13.8. The van der Waals surface area contributed by atoms with E-state index in [1.807, 2.05) is 52.0 Å². The third kappa shape index (κ3) is 5.15. The highest BCUT2D eigenvalue weighted by Gasteiger charge is 2.39. The maximum atomic E-state index is 14.8. The van der Waals surface area contributed by atoms with Crippen LogP contribution in [0.5, 0.6) is 0 Å². The van der Waals surface area contributed by atoms with Crippen LogP contribution < -0.4 is 9.80 Å². The zero-order chi connectivity index (χ0) is 51.1. The highest BCUT2D eigenvalue weighted by molar-refractivity contribution is 6.49. The van der Waals surface area contributed by atoms with E-state index in [1.165, 1.54) is 31.3 Å². The zero-order valence-electron chi connectivity index (χ0n) is 43.1. The van der Waals surface area contributed by atoms with Crippen LogP contribution in [-0.2, 0) is 10.8 Å². The van der Waals surface area contributed by atoms with Crippen molar-refractivity contribution in [1.82, 2.24) is 0 Å². The highest BCUT2D eigenvalue weighted by atomic mass is 16.2. The Bertz CT molecular complexity index is 4290. The molecule has 4 amide bonds. The number of carbonyl (C=O) groups excluding carboxylic acids is 4. The van der Waals surface area contributed by atoms with Gasteiger partial charge in [0.25, 0.3) is 23.6 Å². The van der Waals surface area contributed by atoms with E-state index in [-0.39, 0.29) is 34.5 Å². The lowest BCUT2D eigenvalue weighted by molar-refractivity contribution is 0.0877. The predicted octanol–water partition coefficient (Wildman–Crippen LogP) is 17.0. The summed E-state index contributed by atoms with van der Waals surface area (Å²) >= 11 is 0. The van der Waals surface area contributed by atoms with Crippen LogP contribution in [0.15, 0.2) is 121 Å². The normalized spacial score (nSPS) is 14.7. The van der Waals surface area contributed by atoms with E-state index in [1.54, 1.807) is 0 Å². The molecule has 6 heteroatoms. The second-order valence-electron chi connectivity index (χ2n) is 23.6. The van der Waals surface area contributed by atoms with Crippen molar-refractivity contribution in [3.05, 3.63) is 177 Å². The molecule has 0 saturated carbocycles. The summed E-state index contributed by atoms with van der Waals surface area (Å²) in [7, 11) is 0. The average Bonchev–Trinajstić information content (AvgIpc) is 3.40. The average molecular weight is 959 g/mol. The summed E-state index contributed by atoms with van der Waals surface area (Å²) in [5.41, 5.74) is 9.23. The number of fused-ring (bicyclic) bond motifs is 6. The minimum atomic E-state index is -0.298. The number of carbonyl (C=O) groups is 4. The van der Waals surface area contributed by atoms with Gasteiger partial charge in [-0.25, -0.2) is 9.80 Å². The molecule has 0 N–H and O–H groups in total. The molecule has 356 valence electrons. The lowest BCUT2D eigenvalue weighted by atomic mass is 9.80. The number of rotatable bonds is 2. The summed E-state index contributed by atoms with van der Waals surface area (Å²) in [6.07, 6.45) is 0. The zero-order valence-corrected chi connectivity index (χ0v) is 43.1. The fourth-order valence-corrected chi connectivity index (χ4v) is 13.9. The van der Waals surface area contributed by atoms with Gasteiger partial charge in [0.05, 0.1) is 11.4 Å². The van der Waals surface area contributed by atoms with Crippen LogP contribution in [0, 0.1) is 27.7 Å². The Labute approximate surface area is 426 Å². The third-order valence-electron chi connectivity index (χ3n) is 17.3. The van der Waals surface area contributed by atoms with Crippen LogP contribution in [0.4, 0.5) is 11.4 Å². The molecule has 0 bridgehead atoms. The number of imide groups is 2. The van der Waals surface area contributed by atoms with E-state index in [0.717, 1.165) is 120 Å². The van der Waals surface area contributed by atoms with Crippen molar-refractivity contribution in [1.29, 1.82) is 0 Å². The summed E-state index contributed by atoms with van der Waals surface area (Å²) in [4.78, 5) is 61.9. The van der Waals surface area contributed by atoms with Crippen molar-refractivity contribution in [2.45, 2.75) is 80.1 Å². The quantitative estimate of drug-likeness (QED) is 0.0983. The first-order chi connectivity index (χ1) is 35.3. The summed E-state index contributed by atoms with van der Waals surface area (Å²) in [5.74, 6) is -1.19. The van der Waals surface area contributed by atoms with Crippen molar-refractivity contribution >= 4 is 143 Å². The first-order valence-electron chi connectivity index (χ1n) is 25.8. The SMILES string of the molecule is Cc1cc(C(C)(C)C)cc(C)c1N1C(=O)c2ccc3c4ccc5c6ccc7c8ccc9c%10c(ccc(c%11ccc(c%12ccc(c%13ccc(c2c3%13)C1=O)c4c5%12)c6c7%11)c%108)C(=O)N(c1c(C)cc(C(C)(C)C)cc1C)C9=O. The Morgan fingerprint density at radius 3 is 0.635 bits per heavy atom. The van der Waals surface area contributed by atoms with E-state index in [9.17, 15) is 19.2 Å². The highest BCUT2D eigenvalue weighted by Crippen LogP contribution is 2.53. The molecule has 0 saturated heterocycles. The van der Waals surface area contributed by atoms with Gasteiger partial charge in [-0.2, -0.15) is 0 Å². The fraction of sp³-hybridized carbons (Fsp3) is 0.176. The summed E-state index contributed by atoms with van der Waals surface area (Å²) in [5, 5.41) is 21.1. The van der Waals surface area contributed by atoms with Crippen molar-refractivity contribution in [3.8, 4) is 0 Å². The molecule has 0 unspecified atom stereocenters. The number of aryl methyl sites for hydroxylation is 4. The molecule has 2 aliphatic heterocycles. The van der Waals surface area contributed by atoms with E-state index in [2.05, 4.69) is 139 Å². The Morgan fingerprint density at radius 2 is 0.446 bits per heavy atom. The molecule has 0 spiro atoms. The predicted molar refractivity (Wildman–Crippen MR) is 307 cm³/mol. The maximum absolute atomic E-state index is 14.8. The number of benzene rings is 13. The Morgan fingerprint density at radius 1 is 0.270 bits per heavy atom. The number of amides is 4. The minimum absolute atomic E-state index is 0.0825. The number of hydrogen-bond donors (Lipinski definition) is 0. The van der Waals surface area contributed by atoms with Crippen molar-refractivity contribution < 1.29 is 19.2 Å². The van der Waals surface area contributed by atoms with Gasteiger partial charge in [0, 0.05) is 33.0 Å². The molecule has 6 nitrogen and oxygen atoms in total. The Kier molecular flexibility index (Phi) is 8.02. The van der Waals surface area contributed by atoms with Crippen molar-refractivity contribution in [3.63, 3.8) is 0 Å². The maximum Gasteiger partial charge on any atom is 0.266 e. The van der Waals surface area contributed by atoms with Crippen LogP contribution >= 0.6 is 0 Å². The first-order valence-corrected chi connectivity index (χ1v) is 25.8. The van der Waals surface area contributed by atoms with Gasteiger partial charge in [-0.3, -0.25) is 19.2 Å². The third-order valence-corrected chi connectivity index (χ3v) is 17.3. The van der Waals surface area contributed by atoms with E-state index in [4.69, 9.17) is 0 Å². The molecular weight excluding hydrogens is 909 g/mol. The summed E-state index contributed by atoms with van der Waals surface area (Å²) in [6, 6.07) is 42.5. The lowest BCUT2D eigenvalue weighted by Crippen LogP contribution is -2.41. The fourth-order valence-electron chi connectivity index (χ4n) is 13.9. The van der Waals surface area contributed by atoms with Crippen LogP contribution in [0.25, 0.3) is 108 Å². The van der Waals surface area contributed by atoms with Gasteiger partial charge < -0.3 is 0 Å². The van der Waals surface area contributed by atoms with Gasteiger partial charge in [0.15, 0.2) is 0 Å². The molecule has 0 atom stereocenters. The van der Waals surface area contributed by atoms with Gasteiger partial charge in [-0.15, -0.1) is 0 Å². The molecule has 15 rings (SSSR count). The first kappa shape index (κ1) is 43.1. The minimum Gasteiger partial charge on any atom is -0.268 e. The molecule has 2 heterocycles. The van der Waals surface area contributed by atoms with Crippen LogP contribution in [-0.4, -0.2) is 23.6 Å². The van der Waals surface area contributed by atoms with E-state index < -0.39 is 0 Å². The molecular formula is C68H50N2O4. The van der Waals surface area contributed by atoms with Crippen LogP contribution in [0.3, 0.4) is 0 Å². The number of nitrogens with zero attached hydrogens (tertiary/aromatic N) is 2. The van der Waals surface area contributed by atoms with Crippen molar-refractivity contribution in [2.24, 2.45) is 0 Å². The molecule has 74 heavy (non-hydrogen) atoms. The van der Waals surface area contributed by atoms with Gasteiger partial charge in [-0.1, -0.05) is 139 Å². The lowest BCUT2D eigenvalue weighted by Gasteiger charge is -2.32. The van der Waals surface area contributed by atoms with Crippen molar-refractivity contribution in [2.75, 3.05) is 9.80 Å². The topological polar surface area (TPSA) is 74.8 Å². The Hall–Kier alpha value is -8.48. The van der Waals surface area contributed by atoms with E-state index >= 15 is 0 Å². The standard InChI is InChI=1S/C68H50N2O4/c1-31-27-35(67(5,6)7)28-32(2)61(31)69-63(71)49-23-19-45-41-15-11-37-39-13-17-43-47-21-25-51-60-52(66(74)70(65(51)73)62-33(3)29-36(30-34(62)4)68(8,9)10)26-22-48(58(47)60)44-18-14-40(54(39)56(43)44)38-12-16-42(55(41)53(37)38)46-20-24-50(64(69)72)59(49)57(45)46/h11-30H,1-10H3. The molecule has 0 fully saturated rings. The largest absolute Gasteiger partial charge is 0.268 e. The van der Waals surface area contributed by atoms with Crippen LogP contribution in [0.2, 0.25) is 0 Å². The number of anilines is 2. The molecule has 0 radical (unpaired) electrons. The summed E-state index contributed by atoms with van der Waals surface area (Å²) in [6.45, 7) is 21.0. The van der Waals surface area contributed by atoms with E-state index in [0.29, 0.717) is 33.6 Å².